The molecule has 0 fully saturated rings. The van der Waals surface area contributed by atoms with Gasteiger partial charge in [0.05, 0.1) is 6.61 Å². The molecule has 0 aliphatic heterocycles. The number of benzene rings is 1. The Morgan fingerprint density at radius 1 is 1.21 bits per heavy atom. The zero-order valence-electron chi connectivity index (χ0n) is 15.0. The van der Waals surface area contributed by atoms with Crippen molar-refractivity contribution in [3.05, 3.63) is 35.4 Å². The van der Waals surface area contributed by atoms with Crippen LogP contribution in [0.15, 0.2) is 29.3 Å². The molecular formula is C18H30N4O2. The third-order valence-corrected chi connectivity index (χ3v) is 3.53. The van der Waals surface area contributed by atoms with Crippen LogP contribution in [0.2, 0.25) is 0 Å². The molecule has 1 aromatic rings. The maximum atomic E-state index is 11.6. The first-order valence-corrected chi connectivity index (χ1v) is 8.54. The van der Waals surface area contributed by atoms with Crippen LogP contribution in [-0.2, 0) is 11.2 Å². The summed E-state index contributed by atoms with van der Waals surface area (Å²) in [5.41, 5.74) is 1.80. The average molecular weight is 334 g/mol. The van der Waals surface area contributed by atoms with Gasteiger partial charge in [0.1, 0.15) is 0 Å². The van der Waals surface area contributed by atoms with Gasteiger partial charge in [-0.15, -0.1) is 0 Å². The van der Waals surface area contributed by atoms with E-state index < -0.39 is 0 Å². The summed E-state index contributed by atoms with van der Waals surface area (Å²) >= 11 is 0. The molecule has 0 radical (unpaired) electrons. The number of unbranched alkanes of at least 4 members (excludes halogenated alkanes) is 1. The molecule has 3 N–H and O–H groups in total. The average Bonchev–Trinajstić information content (AvgIpc) is 2.62. The second kappa shape index (κ2) is 12.4. The minimum absolute atomic E-state index is 0.0645. The molecule has 0 unspecified atom stereocenters. The number of nitrogens with one attached hydrogen (secondary N) is 3. The molecule has 0 aromatic heterocycles. The Morgan fingerprint density at radius 2 is 2.00 bits per heavy atom. The molecule has 0 atom stereocenters. The minimum atomic E-state index is -0.0645. The van der Waals surface area contributed by atoms with Gasteiger partial charge in [0, 0.05) is 39.4 Å². The highest BCUT2D eigenvalue weighted by Gasteiger charge is 2.04. The second-order valence-corrected chi connectivity index (χ2v) is 5.42. The minimum Gasteiger partial charge on any atom is -0.380 e. The highest BCUT2D eigenvalue weighted by atomic mass is 16.5. The van der Waals surface area contributed by atoms with Gasteiger partial charge >= 0.3 is 0 Å². The van der Waals surface area contributed by atoms with Gasteiger partial charge in [-0.25, -0.2) is 0 Å². The number of amides is 1. The lowest BCUT2D eigenvalue weighted by molar-refractivity contribution is 0.0963. The van der Waals surface area contributed by atoms with Crippen LogP contribution >= 0.6 is 0 Å². The summed E-state index contributed by atoms with van der Waals surface area (Å²) < 4.78 is 5.51. The predicted octanol–water partition coefficient (Wildman–Crippen LogP) is 1.57. The van der Waals surface area contributed by atoms with Crippen molar-refractivity contribution >= 4 is 11.9 Å². The standard InChI is InChI=1S/C18H30N4O2/c1-4-5-12-24-13-11-22-18(20-3)21-10-9-15-7-6-8-16(14-15)17(23)19-2/h6-8,14H,4-5,9-13H2,1-3H3,(H,19,23)(H2,20,21,22). The van der Waals surface area contributed by atoms with Crippen LogP contribution < -0.4 is 16.0 Å². The monoisotopic (exact) mass is 334 g/mol. The first-order valence-electron chi connectivity index (χ1n) is 8.54. The number of hydrogen-bond acceptors (Lipinski definition) is 3. The molecule has 0 spiro atoms. The summed E-state index contributed by atoms with van der Waals surface area (Å²) in [5.74, 6) is 0.696. The molecule has 0 saturated heterocycles. The van der Waals surface area contributed by atoms with Crippen molar-refractivity contribution in [2.24, 2.45) is 4.99 Å². The third-order valence-electron chi connectivity index (χ3n) is 3.53. The molecule has 24 heavy (non-hydrogen) atoms. The van der Waals surface area contributed by atoms with Crippen molar-refractivity contribution in [3.8, 4) is 0 Å². The number of rotatable bonds is 10. The van der Waals surface area contributed by atoms with Crippen molar-refractivity contribution in [2.75, 3.05) is 40.4 Å². The fraction of sp³-hybridized carbons (Fsp3) is 0.556. The van der Waals surface area contributed by atoms with Crippen LogP contribution in [0.3, 0.4) is 0 Å². The Hall–Kier alpha value is -2.08. The second-order valence-electron chi connectivity index (χ2n) is 5.42. The smallest absolute Gasteiger partial charge is 0.251 e. The fourth-order valence-electron chi connectivity index (χ4n) is 2.15. The SMILES string of the molecule is CCCCOCCNC(=NC)NCCc1cccc(C(=O)NC)c1. The predicted molar refractivity (Wildman–Crippen MR) is 98.6 cm³/mol. The molecule has 1 rings (SSSR count). The number of carbonyl (C=O) groups excluding carboxylic acids is 1. The van der Waals surface area contributed by atoms with Crippen molar-refractivity contribution in [1.29, 1.82) is 0 Å². The zero-order valence-corrected chi connectivity index (χ0v) is 15.0. The highest BCUT2D eigenvalue weighted by Crippen LogP contribution is 2.05. The quantitative estimate of drug-likeness (QED) is 0.345. The molecule has 0 aliphatic carbocycles. The summed E-state index contributed by atoms with van der Waals surface area (Å²) in [6.07, 6.45) is 3.07. The molecular weight excluding hydrogens is 304 g/mol. The normalized spacial score (nSPS) is 11.2. The Bertz CT molecular complexity index is 517. The molecule has 6 nitrogen and oxygen atoms in total. The van der Waals surface area contributed by atoms with E-state index in [1.54, 1.807) is 14.1 Å². The molecule has 1 amide bonds. The van der Waals surface area contributed by atoms with Crippen LogP contribution in [0.5, 0.6) is 0 Å². The van der Waals surface area contributed by atoms with Gasteiger partial charge in [-0.3, -0.25) is 9.79 Å². The van der Waals surface area contributed by atoms with Gasteiger partial charge in [-0.1, -0.05) is 25.5 Å². The number of nitrogens with zero attached hydrogens (tertiary/aromatic N) is 1. The molecule has 1 aromatic carbocycles. The van der Waals surface area contributed by atoms with Gasteiger partial charge in [0.2, 0.25) is 0 Å². The van der Waals surface area contributed by atoms with Gasteiger partial charge in [0.25, 0.3) is 5.91 Å². The van der Waals surface area contributed by atoms with Gasteiger partial charge in [0.15, 0.2) is 5.96 Å². The third kappa shape index (κ3) is 7.97. The van der Waals surface area contributed by atoms with E-state index in [1.807, 2.05) is 24.3 Å². The number of ether oxygens (including phenoxy) is 1. The van der Waals surface area contributed by atoms with E-state index in [0.29, 0.717) is 12.2 Å². The van der Waals surface area contributed by atoms with E-state index in [0.717, 1.165) is 50.5 Å². The molecule has 134 valence electrons. The lowest BCUT2D eigenvalue weighted by atomic mass is 10.1. The van der Waals surface area contributed by atoms with E-state index in [1.165, 1.54) is 0 Å². The van der Waals surface area contributed by atoms with E-state index in [-0.39, 0.29) is 5.91 Å². The number of guanidine groups is 1. The zero-order chi connectivity index (χ0) is 17.6. The van der Waals surface area contributed by atoms with Crippen molar-refractivity contribution in [2.45, 2.75) is 26.2 Å². The number of hydrogen-bond donors (Lipinski definition) is 3. The van der Waals surface area contributed by atoms with Crippen LogP contribution in [0, 0.1) is 0 Å². The first kappa shape index (κ1) is 20.0. The number of carbonyl (C=O) groups is 1. The summed E-state index contributed by atoms with van der Waals surface area (Å²) in [6.45, 7) is 5.11. The Morgan fingerprint density at radius 3 is 2.71 bits per heavy atom. The molecule has 0 heterocycles. The van der Waals surface area contributed by atoms with E-state index in [2.05, 4.69) is 27.9 Å². The first-order chi connectivity index (χ1) is 11.7. The Labute approximate surface area is 145 Å². The van der Waals surface area contributed by atoms with Crippen molar-refractivity contribution < 1.29 is 9.53 Å². The van der Waals surface area contributed by atoms with Crippen molar-refractivity contribution in [3.63, 3.8) is 0 Å². The van der Waals surface area contributed by atoms with Crippen LogP contribution in [0.25, 0.3) is 0 Å². The van der Waals surface area contributed by atoms with Gasteiger partial charge in [-0.2, -0.15) is 0 Å². The topological polar surface area (TPSA) is 74.8 Å². The van der Waals surface area contributed by atoms with Gasteiger partial charge < -0.3 is 20.7 Å². The summed E-state index contributed by atoms with van der Waals surface area (Å²) in [5, 5.41) is 9.12. The number of aliphatic imine (C=N–C) groups is 1. The van der Waals surface area contributed by atoms with E-state index in [9.17, 15) is 4.79 Å². The summed E-state index contributed by atoms with van der Waals surface area (Å²) in [4.78, 5) is 15.8. The highest BCUT2D eigenvalue weighted by molar-refractivity contribution is 5.94. The lowest BCUT2D eigenvalue weighted by Crippen LogP contribution is -2.39. The summed E-state index contributed by atoms with van der Waals surface area (Å²) in [6, 6.07) is 7.65. The van der Waals surface area contributed by atoms with E-state index in [4.69, 9.17) is 4.74 Å². The molecule has 0 aliphatic rings. The largest absolute Gasteiger partial charge is 0.380 e. The maximum Gasteiger partial charge on any atom is 0.251 e. The molecule has 0 saturated carbocycles. The van der Waals surface area contributed by atoms with Crippen molar-refractivity contribution in [1.82, 2.24) is 16.0 Å². The van der Waals surface area contributed by atoms with E-state index >= 15 is 0 Å². The fourth-order valence-corrected chi connectivity index (χ4v) is 2.15. The summed E-state index contributed by atoms with van der Waals surface area (Å²) in [7, 11) is 3.39. The van der Waals surface area contributed by atoms with Crippen LogP contribution in [0.4, 0.5) is 0 Å². The van der Waals surface area contributed by atoms with Crippen LogP contribution in [-0.4, -0.2) is 52.3 Å². The Balaban J connectivity index is 2.28. The Kier molecular flexibility index (Phi) is 10.3. The van der Waals surface area contributed by atoms with Gasteiger partial charge in [-0.05, 0) is 30.5 Å². The maximum absolute atomic E-state index is 11.6. The lowest BCUT2D eigenvalue weighted by Gasteiger charge is -2.12. The molecule has 0 bridgehead atoms. The van der Waals surface area contributed by atoms with Crippen LogP contribution in [0.1, 0.15) is 35.7 Å². The molecule has 6 heteroatoms.